The van der Waals surface area contributed by atoms with Gasteiger partial charge in [-0.3, -0.25) is 0 Å². The van der Waals surface area contributed by atoms with Crippen molar-refractivity contribution in [1.82, 2.24) is 9.97 Å². The van der Waals surface area contributed by atoms with Gasteiger partial charge in [0.1, 0.15) is 5.82 Å². The Morgan fingerprint density at radius 3 is 2.38 bits per heavy atom. The summed E-state index contributed by atoms with van der Waals surface area (Å²) in [4.78, 5) is 10.7. The van der Waals surface area contributed by atoms with Gasteiger partial charge < -0.3 is 16.4 Å². The fourth-order valence-electron chi connectivity index (χ4n) is 5.33. The average molecular weight is 369 g/mol. The number of nitrogens with two attached hydrogens (primary N) is 2. The predicted molar refractivity (Wildman–Crippen MR) is 93.8 cm³/mol. The molecule has 8 heteroatoms. The van der Waals surface area contributed by atoms with Crippen molar-refractivity contribution >= 4 is 11.8 Å². The van der Waals surface area contributed by atoms with E-state index in [9.17, 15) is 13.2 Å². The summed E-state index contributed by atoms with van der Waals surface area (Å²) in [5.41, 5.74) is 13.7. The molecule has 2 atom stereocenters. The van der Waals surface area contributed by atoms with Gasteiger partial charge in [0, 0.05) is 30.0 Å². The fraction of sp³-hybridized carbons (Fsp3) is 0.778. The standard InChI is InChI=1S/C18H26F3N5/c19-18(20,21)13-10-26(9-11(13)8-22)15-12-4-3-7-17(5-1-2-6-17)14(12)24-16(23)25-15/h11,13H,1-10,22H2,(H2,23,24,25)/t11-,13-/m0/s1. The molecule has 26 heavy (non-hydrogen) atoms. The molecular weight excluding hydrogens is 343 g/mol. The molecule has 0 bridgehead atoms. The summed E-state index contributed by atoms with van der Waals surface area (Å²) >= 11 is 0. The number of hydrogen-bond donors (Lipinski definition) is 2. The Labute approximate surface area is 151 Å². The van der Waals surface area contributed by atoms with Gasteiger partial charge in [-0.15, -0.1) is 0 Å². The molecule has 5 nitrogen and oxygen atoms in total. The van der Waals surface area contributed by atoms with Gasteiger partial charge in [0.25, 0.3) is 0 Å². The molecule has 1 spiro atoms. The zero-order valence-corrected chi connectivity index (χ0v) is 14.9. The van der Waals surface area contributed by atoms with Crippen LogP contribution in [-0.2, 0) is 11.8 Å². The number of nitrogens with zero attached hydrogens (tertiary/aromatic N) is 3. The zero-order chi connectivity index (χ0) is 18.5. The molecule has 0 amide bonds. The van der Waals surface area contributed by atoms with Crippen LogP contribution in [0.15, 0.2) is 0 Å². The summed E-state index contributed by atoms with van der Waals surface area (Å²) in [6.07, 6.45) is 3.22. The normalized spacial score (nSPS) is 27.9. The molecule has 0 aromatic carbocycles. The SMILES string of the molecule is NC[C@H]1CN(c2nc(N)nc3c2CCCC32CCCC2)C[C@@H]1C(F)(F)F. The number of rotatable bonds is 2. The summed E-state index contributed by atoms with van der Waals surface area (Å²) in [6.45, 7) is 0.200. The number of alkyl halides is 3. The van der Waals surface area contributed by atoms with Crippen molar-refractivity contribution in [3.63, 3.8) is 0 Å². The number of nitrogen functional groups attached to an aromatic ring is 1. The Bertz CT molecular complexity index is 684. The molecular formula is C18H26F3N5. The minimum atomic E-state index is -4.25. The first-order valence-corrected chi connectivity index (χ1v) is 9.53. The monoisotopic (exact) mass is 369 g/mol. The van der Waals surface area contributed by atoms with Gasteiger partial charge in [-0.25, -0.2) is 4.98 Å². The van der Waals surface area contributed by atoms with Gasteiger partial charge in [-0.05, 0) is 38.6 Å². The Hall–Kier alpha value is -1.57. The highest BCUT2D eigenvalue weighted by atomic mass is 19.4. The number of hydrogen-bond acceptors (Lipinski definition) is 5. The average Bonchev–Trinajstić information content (AvgIpc) is 3.22. The van der Waals surface area contributed by atoms with Gasteiger partial charge in [-0.1, -0.05) is 12.8 Å². The van der Waals surface area contributed by atoms with Crippen LogP contribution in [0.25, 0.3) is 0 Å². The lowest BCUT2D eigenvalue weighted by molar-refractivity contribution is -0.177. The van der Waals surface area contributed by atoms with E-state index < -0.39 is 18.0 Å². The van der Waals surface area contributed by atoms with Crippen molar-refractivity contribution in [2.75, 3.05) is 30.3 Å². The van der Waals surface area contributed by atoms with Gasteiger partial charge in [-0.2, -0.15) is 18.2 Å². The molecule has 1 saturated heterocycles. The van der Waals surface area contributed by atoms with E-state index in [0.717, 1.165) is 43.4 Å². The number of fused-ring (bicyclic) bond motifs is 2. The second-order valence-electron chi connectivity index (χ2n) is 8.12. The van der Waals surface area contributed by atoms with Crippen LogP contribution in [0.2, 0.25) is 0 Å². The quantitative estimate of drug-likeness (QED) is 0.838. The van der Waals surface area contributed by atoms with Crippen LogP contribution in [0.5, 0.6) is 0 Å². The van der Waals surface area contributed by atoms with Crippen molar-refractivity contribution in [3.8, 4) is 0 Å². The van der Waals surface area contributed by atoms with E-state index in [0.29, 0.717) is 5.82 Å². The molecule has 144 valence electrons. The van der Waals surface area contributed by atoms with E-state index in [2.05, 4.69) is 9.97 Å². The van der Waals surface area contributed by atoms with Crippen LogP contribution in [0.4, 0.5) is 24.9 Å². The molecule has 0 unspecified atom stereocenters. The lowest BCUT2D eigenvalue weighted by Gasteiger charge is -2.36. The van der Waals surface area contributed by atoms with Crippen molar-refractivity contribution < 1.29 is 13.2 Å². The molecule has 1 saturated carbocycles. The molecule has 4 N–H and O–H groups in total. The predicted octanol–water partition coefficient (Wildman–Crippen LogP) is 2.78. The van der Waals surface area contributed by atoms with Crippen molar-refractivity contribution in [2.45, 2.75) is 56.5 Å². The minimum Gasteiger partial charge on any atom is -0.368 e. The third kappa shape index (κ3) is 2.82. The number of anilines is 2. The first kappa shape index (κ1) is 17.8. The smallest absolute Gasteiger partial charge is 0.368 e. The highest BCUT2D eigenvalue weighted by Crippen LogP contribution is 2.50. The molecule has 1 aliphatic heterocycles. The van der Waals surface area contributed by atoms with Gasteiger partial charge in [0.15, 0.2) is 0 Å². The Kier molecular flexibility index (Phi) is 4.28. The number of aromatic nitrogens is 2. The van der Waals surface area contributed by atoms with Crippen LogP contribution in [0, 0.1) is 11.8 Å². The summed E-state index contributed by atoms with van der Waals surface area (Å²) in [5.74, 6) is -1.23. The zero-order valence-electron chi connectivity index (χ0n) is 14.9. The Morgan fingerprint density at radius 2 is 1.77 bits per heavy atom. The summed E-state index contributed by atoms with van der Waals surface area (Å²) in [5, 5.41) is 0. The molecule has 2 aliphatic carbocycles. The first-order valence-electron chi connectivity index (χ1n) is 9.53. The second-order valence-corrected chi connectivity index (χ2v) is 8.12. The maximum Gasteiger partial charge on any atom is 0.393 e. The van der Waals surface area contributed by atoms with Crippen LogP contribution in [0.1, 0.15) is 49.8 Å². The van der Waals surface area contributed by atoms with Gasteiger partial charge in [0.05, 0.1) is 11.6 Å². The van der Waals surface area contributed by atoms with Crippen molar-refractivity contribution in [2.24, 2.45) is 17.6 Å². The Balaban J connectivity index is 1.73. The van der Waals surface area contributed by atoms with Crippen molar-refractivity contribution in [1.29, 1.82) is 0 Å². The molecule has 4 rings (SSSR count). The van der Waals surface area contributed by atoms with Crippen LogP contribution < -0.4 is 16.4 Å². The second kappa shape index (κ2) is 6.25. The van der Waals surface area contributed by atoms with E-state index in [4.69, 9.17) is 11.5 Å². The maximum absolute atomic E-state index is 13.4. The summed E-state index contributed by atoms with van der Waals surface area (Å²) < 4.78 is 40.2. The summed E-state index contributed by atoms with van der Waals surface area (Å²) in [7, 11) is 0. The van der Waals surface area contributed by atoms with Crippen LogP contribution in [-0.4, -0.2) is 35.8 Å². The van der Waals surface area contributed by atoms with Crippen LogP contribution in [0.3, 0.4) is 0 Å². The molecule has 1 aromatic heterocycles. The third-order valence-electron chi connectivity index (χ3n) is 6.61. The molecule has 3 aliphatic rings. The lowest BCUT2D eigenvalue weighted by Crippen LogP contribution is -2.34. The van der Waals surface area contributed by atoms with Gasteiger partial charge >= 0.3 is 6.18 Å². The Morgan fingerprint density at radius 1 is 1.08 bits per heavy atom. The van der Waals surface area contributed by atoms with Crippen molar-refractivity contribution in [3.05, 3.63) is 11.3 Å². The van der Waals surface area contributed by atoms with E-state index in [-0.39, 0.29) is 31.0 Å². The molecule has 2 fully saturated rings. The van der Waals surface area contributed by atoms with Gasteiger partial charge in [0.2, 0.25) is 5.95 Å². The highest BCUT2D eigenvalue weighted by Gasteiger charge is 2.50. The molecule has 0 radical (unpaired) electrons. The molecule has 2 heterocycles. The summed E-state index contributed by atoms with van der Waals surface area (Å²) in [6, 6.07) is 0. The topological polar surface area (TPSA) is 81.1 Å². The van der Waals surface area contributed by atoms with Crippen LogP contribution >= 0.6 is 0 Å². The minimum absolute atomic E-state index is 0.0212. The van der Waals surface area contributed by atoms with E-state index in [1.807, 2.05) is 0 Å². The fourth-order valence-corrected chi connectivity index (χ4v) is 5.33. The molecule has 1 aromatic rings. The highest BCUT2D eigenvalue weighted by molar-refractivity contribution is 5.56. The largest absolute Gasteiger partial charge is 0.393 e. The van der Waals surface area contributed by atoms with E-state index in [1.54, 1.807) is 4.90 Å². The van der Waals surface area contributed by atoms with E-state index in [1.165, 1.54) is 12.8 Å². The lowest BCUT2D eigenvalue weighted by atomic mass is 9.71. The third-order valence-corrected chi connectivity index (χ3v) is 6.61. The van der Waals surface area contributed by atoms with E-state index >= 15 is 0 Å². The number of halogens is 3. The maximum atomic E-state index is 13.4. The first-order chi connectivity index (χ1) is 12.3.